The number of rotatable bonds is 13. The standard InChI is InChI=1S/C12H28NO3P/c1-2-3-4-5-6-7-8-9-10-11-12-15-17(14)16-13/h17H,2-13H2,1H3. The van der Waals surface area contributed by atoms with Crippen molar-refractivity contribution in [2.45, 2.75) is 71.1 Å². The summed E-state index contributed by atoms with van der Waals surface area (Å²) in [7, 11) is -2.41. The van der Waals surface area contributed by atoms with E-state index < -0.39 is 8.25 Å². The molecule has 0 aliphatic carbocycles. The molecule has 1 unspecified atom stereocenters. The third-order valence-electron chi connectivity index (χ3n) is 2.81. The number of hydrogen-bond donors (Lipinski definition) is 1. The summed E-state index contributed by atoms with van der Waals surface area (Å²) in [5.74, 6) is 4.71. The maximum absolute atomic E-state index is 10.7. The molecule has 0 aromatic rings. The van der Waals surface area contributed by atoms with Gasteiger partial charge in [-0.25, -0.2) is 10.5 Å². The average molecular weight is 265 g/mol. The average Bonchev–Trinajstić information content (AvgIpc) is 2.35. The van der Waals surface area contributed by atoms with Gasteiger partial charge >= 0.3 is 8.25 Å². The quantitative estimate of drug-likeness (QED) is 0.308. The summed E-state index contributed by atoms with van der Waals surface area (Å²) in [6.07, 6.45) is 12.8. The van der Waals surface area contributed by atoms with Gasteiger partial charge in [0, 0.05) is 0 Å². The Labute approximate surface area is 106 Å². The zero-order valence-corrected chi connectivity index (χ0v) is 12.1. The first kappa shape index (κ1) is 17.1. The monoisotopic (exact) mass is 265 g/mol. The van der Waals surface area contributed by atoms with Crippen molar-refractivity contribution in [3.8, 4) is 0 Å². The zero-order valence-electron chi connectivity index (χ0n) is 11.1. The van der Waals surface area contributed by atoms with Crippen LogP contribution in [0.2, 0.25) is 0 Å². The highest BCUT2D eigenvalue weighted by Gasteiger charge is 1.96. The molecule has 0 aromatic heterocycles. The molecular formula is C12H28NO3P. The molecule has 104 valence electrons. The van der Waals surface area contributed by atoms with Crippen LogP contribution in [-0.4, -0.2) is 6.61 Å². The summed E-state index contributed by atoms with van der Waals surface area (Å²) in [5, 5.41) is 0. The molecule has 0 amide bonds. The van der Waals surface area contributed by atoms with E-state index in [1.165, 1.54) is 51.4 Å². The van der Waals surface area contributed by atoms with Crippen molar-refractivity contribution >= 4 is 8.25 Å². The van der Waals surface area contributed by atoms with Gasteiger partial charge < -0.3 is 4.52 Å². The predicted octanol–water partition coefficient (Wildman–Crippen LogP) is 4.20. The molecule has 0 fully saturated rings. The molecule has 0 aromatic carbocycles. The van der Waals surface area contributed by atoms with Crippen molar-refractivity contribution in [1.82, 2.24) is 0 Å². The van der Waals surface area contributed by atoms with Crippen LogP contribution in [0.25, 0.3) is 0 Å². The van der Waals surface area contributed by atoms with Gasteiger partial charge in [-0.05, 0) is 6.42 Å². The Morgan fingerprint density at radius 2 is 1.35 bits per heavy atom. The molecule has 4 nitrogen and oxygen atoms in total. The van der Waals surface area contributed by atoms with Crippen molar-refractivity contribution in [3.05, 3.63) is 0 Å². The predicted molar refractivity (Wildman–Crippen MR) is 72.1 cm³/mol. The third-order valence-corrected chi connectivity index (χ3v) is 3.45. The molecule has 17 heavy (non-hydrogen) atoms. The molecule has 0 aliphatic heterocycles. The van der Waals surface area contributed by atoms with Crippen molar-refractivity contribution in [3.63, 3.8) is 0 Å². The molecule has 0 radical (unpaired) electrons. The Morgan fingerprint density at radius 3 is 1.82 bits per heavy atom. The van der Waals surface area contributed by atoms with Crippen molar-refractivity contribution in [1.29, 1.82) is 0 Å². The van der Waals surface area contributed by atoms with Gasteiger partial charge in [0.05, 0.1) is 6.61 Å². The van der Waals surface area contributed by atoms with Crippen molar-refractivity contribution < 1.29 is 13.7 Å². The third kappa shape index (κ3) is 14.0. The van der Waals surface area contributed by atoms with E-state index in [1.807, 2.05) is 0 Å². The van der Waals surface area contributed by atoms with Crippen LogP contribution in [0.15, 0.2) is 0 Å². The van der Waals surface area contributed by atoms with Crippen LogP contribution in [0, 0.1) is 0 Å². The molecule has 2 N–H and O–H groups in total. The highest BCUT2D eigenvalue weighted by molar-refractivity contribution is 7.33. The van der Waals surface area contributed by atoms with Gasteiger partial charge in [0.1, 0.15) is 0 Å². The van der Waals surface area contributed by atoms with Crippen LogP contribution in [0.5, 0.6) is 0 Å². The van der Waals surface area contributed by atoms with Gasteiger partial charge in [0.2, 0.25) is 0 Å². The lowest BCUT2D eigenvalue weighted by molar-refractivity contribution is 0.225. The molecule has 1 atom stereocenters. The molecule has 0 aliphatic rings. The maximum atomic E-state index is 10.7. The van der Waals surface area contributed by atoms with Crippen molar-refractivity contribution in [2.75, 3.05) is 6.61 Å². The topological polar surface area (TPSA) is 61.5 Å². The van der Waals surface area contributed by atoms with Gasteiger partial charge in [0.25, 0.3) is 0 Å². The van der Waals surface area contributed by atoms with Crippen LogP contribution in [-0.2, 0) is 13.7 Å². The molecule has 0 saturated heterocycles. The first-order chi connectivity index (χ1) is 8.31. The Morgan fingerprint density at radius 1 is 0.882 bits per heavy atom. The minimum atomic E-state index is -2.41. The van der Waals surface area contributed by atoms with E-state index in [4.69, 9.17) is 10.4 Å². The molecule has 0 rings (SSSR count). The van der Waals surface area contributed by atoms with Crippen molar-refractivity contribution in [2.24, 2.45) is 5.90 Å². The minimum absolute atomic E-state index is 0.492. The summed E-state index contributed by atoms with van der Waals surface area (Å²) in [5.41, 5.74) is 0. The Balaban J connectivity index is 2.96. The van der Waals surface area contributed by atoms with E-state index in [2.05, 4.69) is 11.5 Å². The summed E-state index contributed by atoms with van der Waals surface area (Å²) in [4.78, 5) is 0. The largest absolute Gasteiger partial charge is 0.335 e. The van der Waals surface area contributed by atoms with E-state index in [0.29, 0.717) is 6.61 Å². The Kier molecular flexibility index (Phi) is 14.3. The van der Waals surface area contributed by atoms with Gasteiger partial charge in [-0.3, -0.25) is 4.57 Å². The molecule has 0 bridgehead atoms. The molecule has 0 saturated carbocycles. The summed E-state index contributed by atoms with van der Waals surface area (Å²) in [6, 6.07) is 0. The van der Waals surface area contributed by atoms with E-state index in [0.717, 1.165) is 12.8 Å². The SMILES string of the molecule is CCCCCCCCCCCCO[PH](=O)ON. The Bertz CT molecular complexity index is 179. The lowest BCUT2D eigenvalue weighted by Gasteiger charge is -2.03. The first-order valence-electron chi connectivity index (χ1n) is 6.84. The fourth-order valence-electron chi connectivity index (χ4n) is 1.78. The lowest BCUT2D eigenvalue weighted by atomic mass is 10.1. The maximum Gasteiger partial charge on any atom is 0.335 e. The highest BCUT2D eigenvalue weighted by atomic mass is 31.1. The summed E-state index contributed by atoms with van der Waals surface area (Å²) in [6.45, 7) is 2.73. The number of unbranched alkanes of at least 4 members (excludes halogenated alkanes) is 9. The van der Waals surface area contributed by atoms with Crippen LogP contribution in [0.3, 0.4) is 0 Å². The smallest absolute Gasteiger partial charge is 0.310 e. The molecule has 5 heteroatoms. The van der Waals surface area contributed by atoms with Gasteiger partial charge in [-0.15, -0.1) is 0 Å². The minimum Gasteiger partial charge on any atom is -0.310 e. The fraction of sp³-hybridized carbons (Fsp3) is 1.00. The normalized spacial score (nSPS) is 12.8. The van der Waals surface area contributed by atoms with E-state index in [1.54, 1.807) is 0 Å². The molecular weight excluding hydrogens is 237 g/mol. The molecule has 0 heterocycles. The lowest BCUT2D eigenvalue weighted by Crippen LogP contribution is -1.93. The second-order valence-corrected chi connectivity index (χ2v) is 5.42. The van der Waals surface area contributed by atoms with Gasteiger partial charge in [-0.2, -0.15) is 0 Å². The van der Waals surface area contributed by atoms with Gasteiger partial charge in [0.15, 0.2) is 0 Å². The van der Waals surface area contributed by atoms with Crippen LogP contribution < -0.4 is 5.90 Å². The number of hydrogen-bond acceptors (Lipinski definition) is 4. The first-order valence-corrected chi connectivity index (χ1v) is 8.07. The Hall–Kier alpha value is 0.110. The van der Waals surface area contributed by atoms with Crippen LogP contribution in [0.4, 0.5) is 0 Å². The second kappa shape index (κ2) is 14.2. The zero-order chi connectivity index (χ0) is 12.8. The van der Waals surface area contributed by atoms with E-state index >= 15 is 0 Å². The fourth-order valence-corrected chi connectivity index (χ4v) is 2.16. The second-order valence-electron chi connectivity index (χ2n) is 4.40. The summed E-state index contributed by atoms with van der Waals surface area (Å²) >= 11 is 0. The van der Waals surface area contributed by atoms with E-state index in [-0.39, 0.29) is 0 Å². The summed E-state index contributed by atoms with van der Waals surface area (Å²) < 4.78 is 19.6. The van der Waals surface area contributed by atoms with Gasteiger partial charge in [-0.1, -0.05) is 64.7 Å². The van der Waals surface area contributed by atoms with Crippen LogP contribution in [0.1, 0.15) is 71.1 Å². The van der Waals surface area contributed by atoms with Crippen LogP contribution >= 0.6 is 8.25 Å². The number of nitrogens with two attached hydrogens (primary N) is 1. The highest BCUT2D eigenvalue weighted by Crippen LogP contribution is 2.20. The van der Waals surface area contributed by atoms with E-state index in [9.17, 15) is 4.57 Å². The molecule has 0 spiro atoms.